The Bertz CT molecular complexity index is 425. The maximum absolute atomic E-state index is 5.53. The standard InChI is InChI=1S/C15H22BrNO/c1-10-8-14(16)13(11(2)15(10)18-3)9-12-4-6-17-7-5-12/h8,12,17H,4-7,9H2,1-3H3. The van der Waals surface area contributed by atoms with Crippen molar-refractivity contribution in [1.29, 1.82) is 0 Å². The average molecular weight is 312 g/mol. The van der Waals surface area contributed by atoms with E-state index in [1.165, 1.54) is 34.0 Å². The quantitative estimate of drug-likeness (QED) is 0.920. The van der Waals surface area contributed by atoms with Crippen molar-refractivity contribution in [2.45, 2.75) is 33.1 Å². The van der Waals surface area contributed by atoms with Crippen LogP contribution in [-0.4, -0.2) is 20.2 Å². The Morgan fingerprint density at radius 1 is 1.33 bits per heavy atom. The largest absolute Gasteiger partial charge is 0.496 e. The van der Waals surface area contributed by atoms with Crippen molar-refractivity contribution in [3.8, 4) is 5.75 Å². The maximum Gasteiger partial charge on any atom is 0.125 e. The minimum Gasteiger partial charge on any atom is -0.496 e. The molecule has 1 saturated heterocycles. The third-order valence-electron chi connectivity index (χ3n) is 3.94. The molecule has 0 atom stereocenters. The Morgan fingerprint density at radius 3 is 2.61 bits per heavy atom. The number of halogens is 1. The van der Waals surface area contributed by atoms with E-state index >= 15 is 0 Å². The van der Waals surface area contributed by atoms with Crippen molar-refractivity contribution in [3.63, 3.8) is 0 Å². The number of hydrogen-bond donors (Lipinski definition) is 1. The van der Waals surface area contributed by atoms with E-state index in [0.717, 1.165) is 31.2 Å². The van der Waals surface area contributed by atoms with Gasteiger partial charge in [-0.2, -0.15) is 0 Å². The average Bonchev–Trinajstić information content (AvgIpc) is 2.36. The Kier molecular flexibility index (Phi) is 4.68. The summed E-state index contributed by atoms with van der Waals surface area (Å²) in [6.07, 6.45) is 3.72. The highest BCUT2D eigenvalue weighted by Crippen LogP contribution is 2.34. The number of benzene rings is 1. The molecule has 1 heterocycles. The molecule has 1 aliphatic heterocycles. The normalized spacial score (nSPS) is 16.9. The molecule has 0 spiro atoms. The first kappa shape index (κ1) is 13.9. The molecule has 0 aromatic heterocycles. The molecule has 2 nitrogen and oxygen atoms in total. The SMILES string of the molecule is COc1c(C)cc(Br)c(CC2CCNCC2)c1C. The van der Waals surface area contributed by atoms with Crippen molar-refractivity contribution >= 4 is 15.9 Å². The summed E-state index contributed by atoms with van der Waals surface area (Å²) >= 11 is 3.72. The topological polar surface area (TPSA) is 21.3 Å². The van der Waals surface area contributed by atoms with Crippen LogP contribution in [0, 0.1) is 19.8 Å². The molecule has 0 bridgehead atoms. The zero-order chi connectivity index (χ0) is 13.1. The molecule has 18 heavy (non-hydrogen) atoms. The van der Waals surface area contributed by atoms with Gasteiger partial charge in [0.15, 0.2) is 0 Å². The third kappa shape index (κ3) is 2.89. The highest BCUT2D eigenvalue weighted by atomic mass is 79.9. The van der Waals surface area contributed by atoms with Crippen LogP contribution in [0.1, 0.15) is 29.5 Å². The lowest BCUT2D eigenvalue weighted by Gasteiger charge is -2.24. The highest BCUT2D eigenvalue weighted by molar-refractivity contribution is 9.10. The molecular formula is C15H22BrNO. The molecule has 1 aromatic carbocycles. The number of hydrogen-bond acceptors (Lipinski definition) is 2. The fraction of sp³-hybridized carbons (Fsp3) is 0.600. The van der Waals surface area contributed by atoms with Crippen LogP contribution >= 0.6 is 15.9 Å². The van der Waals surface area contributed by atoms with Gasteiger partial charge in [-0.3, -0.25) is 0 Å². The molecule has 0 aliphatic carbocycles. The summed E-state index contributed by atoms with van der Waals surface area (Å²) in [6, 6.07) is 2.18. The van der Waals surface area contributed by atoms with E-state index in [1.54, 1.807) is 7.11 Å². The number of ether oxygens (including phenoxy) is 1. The number of methoxy groups -OCH3 is 1. The van der Waals surface area contributed by atoms with Crippen molar-refractivity contribution in [2.75, 3.05) is 20.2 Å². The lowest BCUT2D eigenvalue weighted by atomic mass is 9.88. The lowest BCUT2D eigenvalue weighted by molar-refractivity contribution is 0.369. The fourth-order valence-electron chi connectivity index (χ4n) is 2.89. The molecule has 100 valence electrons. The molecule has 1 fully saturated rings. The van der Waals surface area contributed by atoms with Crippen molar-refractivity contribution in [3.05, 3.63) is 27.2 Å². The molecule has 0 radical (unpaired) electrons. The van der Waals surface area contributed by atoms with Crippen LogP contribution < -0.4 is 10.1 Å². The van der Waals surface area contributed by atoms with Crippen LogP contribution in [0.4, 0.5) is 0 Å². The van der Waals surface area contributed by atoms with Gasteiger partial charge in [-0.1, -0.05) is 15.9 Å². The molecule has 0 unspecified atom stereocenters. The summed E-state index contributed by atoms with van der Waals surface area (Å²) in [5, 5.41) is 3.42. The number of rotatable bonds is 3. The van der Waals surface area contributed by atoms with Crippen LogP contribution in [0.2, 0.25) is 0 Å². The van der Waals surface area contributed by atoms with Crippen molar-refractivity contribution in [2.24, 2.45) is 5.92 Å². The van der Waals surface area contributed by atoms with Gasteiger partial charge in [0.05, 0.1) is 7.11 Å². The van der Waals surface area contributed by atoms with Gasteiger partial charge in [-0.15, -0.1) is 0 Å². The van der Waals surface area contributed by atoms with Crippen LogP contribution in [0.3, 0.4) is 0 Å². The van der Waals surface area contributed by atoms with E-state index in [-0.39, 0.29) is 0 Å². The summed E-state index contributed by atoms with van der Waals surface area (Å²) in [5.41, 5.74) is 3.92. The molecule has 0 saturated carbocycles. The molecule has 0 amide bonds. The van der Waals surface area contributed by atoms with E-state index in [1.807, 2.05) is 0 Å². The molecule has 1 N–H and O–H groups in total. The second kappa shape index (κ2) is 6.07. The highest BCUT2D eigenvalue weighted by Gasteiger charge is 2.18. The van der Waals surface area contributed by atoms with Gasteiger partial charge >= 0.3 is 0 Å². The molecule has 1 aliphatic rings. The predicted molar refractivity (Wildman–Crippen MR) is 79.5 cm³/mol. The zero-order valence-corrected chi connectivity index (χ0v) is 13.1. The van der Waals surface area contributed by atoms with E-state index < -0.39 is 0 Å². The van der Waals surface area contributed by atoms with Gasteiger partial charge in [0.1, 0.15) is 5.75 Å². The molecule has 2 rings (SSSR count). The second-order valence-electron chi connectivity index (χ2n) is 5.21. The van der Waals surface area contributed by atoms with Gasteiger partial charge in [0.25, 0.3) is 0 Å². The smallest absolute Gasteiger partial charge is 0.125 e. The first-order valence-corrected chi connectivity index (χ1v) is 7.46. The van der Waals surface area contributed by atoms with Gasteiger partial charge < -0.3 is 10.1 Å². The monoisotopic (exact) mass is 311 g/mol. The third-order valence-corrected chi connectivity index (χ3v) is 4.65. The Hall–Kier alpha value is -0.540. The minimum absolute atomic E-state index is 0.800. The number of aryl methyl sites for hydroxylation is 1. The first-order chi connectivity index (χ1) is 8.63. The summed E-state index contributed by atoms with van der Waals surface area (Å²) in [5.74, 6) is 1.84. The summed E-state index contributed by atoms with van der Waals surface area (Å²) < 4.78 is 6.76. The van der Waals surface area contributed by atoms with E-state index in [4.69, 9.17) is 4.74 Å². The van der Waals surface area contributed by atoms with Crippen molar-refractivity contribution in [1.82, 2.24) is 5.32 Å². The zero-order valence-electron chi connectivity index (χ0n) is 11.5. The molecule has 1 aromatic rings. The summed E-state index contributed by atoms with van der Waals surface area (Å²) in [7, 11) is 1.76. The summed E-state index contributed by atoms with van der Waals surface area (Å²) in [6.45, 7) is 6.59. The van der Waals surface area contributed by atoms with Crippen LogP contribution in [0.25, 0.3) is 0 Å². The Balaban J connectivity index is 2.26. The van der Waals surface area contributed by atoms with Gasteiger partial charge in [0, 0.05) is 4.47 Å². The lowest BCUT2D eigenvalue weighted by Crippen LogP contribution is -2.28. The van der Waals surface area contributed by atoms with E-state index in [9.17, 15) is 0 Å². The number of nitrogens with one attached hydrogen (secondary N) is 1. The predicted octanol–water partition coefficient (Wildman–Crippen LogP) is 3.62. The van der Waals surface area contributed by atoms with Crippen LogP contribution in [0.15, 0.2) is 10.5 Å². The van der Waals surface area contributed by atoms with Crippen LogP contribution in [-0.2, 0) is 6.42 Å². The fourth-order valence-corrected chi connectivity index (χ4v) is 3.70. The van der Waals surface area contributed by atoms with Gasteiger partial charge in [0.2, 0.25) is 0 Å². The Labute approximate surface area is 118 Å². The van der Waals surface area contributed by atoms with Crippen molar-refractivity contribution < 1.29 is 4.74 Å². The second-order valence-corrected chi connectivity index (χ2v) is 6.06. The van der Waals surface area contributed by atoms with Gasteiger partial charge in [-0.05, 0) is 74.9 Å². The first-order valence-electron chi connectivity index (χ1n) is 6.66. The molecular weight excluding hydrogens is 290 g/mol. The van der Waals surface area contributed by atoms with Crippen LogP contribution in [0.5, 0.6) is 5.75 Å². The summed E-state index contributed by atoms with van der Waals surface area (Å²) in [4.78, 5) is 0. The maximum atomic E-state index is 5.53. The Morgan fingerprint density at radius 2 is 2.00 bits per heavy atom. The van der Waals surface area contributed by atoms with E-state index in [2.05, 4.69) is 41.2 Å². The number of piperidine rings is 1. The molecule has 3 heteroatoms. The van der Waals surface area contributed by atoms with E-state index in [0.29, 0.717) is 0 Å². The van der Waals surface area contributed by atoms with Gasteiger partial charge in [-0.25, -0.2) is 0 Å². The minimum atomic E-state index is 0.800.